The summed E-state index contributed by atoms with van der Waals surface area (Å²) in [7, 11) is 1.82. The number of rotatable bonds is 5. The monoisotopic (exact) mass is 370 g/mol. The second-order valence-electron chi connectivity index (χ2n) is 4.35. The Bertz CT molecular complexity index is 587. The third-order valence-corrected chi connectivity index (χ3v) is 5.03. The van der Waals surface area contributed by atoms with Crippen LogP contribution < -0.4 is 5.73 Å². The third-order valence-electron chi connectivity index (χ3n) is 2.75. The Kier molecular flexibility index (Phi) is 5.51. The number of thiophene rings is 1. The zero-order valence-corrected chi connectivity index (χ0v) is 14.2. The van der Waals surface area contributed by atoms with Crippen LogP contribution in [0.5, 0.6) is 0 Å². The second-order valence-corrected chi connectivity index (χ2v) is 7.07. The molecule has 1 aromatic carbocycles. The quantitative estimate of drug-likeness (QED) is 0.642. The highest BCUT2D eigenvalue weighted by Crippen LogP contribution is 2.28. The molecule has 0 fully saturated rings. The fourth-order valence-corrected chi connectivity index (χ4v) is 3.74. The molecule has 0 aliphatic heterocycles. The van der Waals surface area contributed by atoms with Gasteiger partial charge in [0.05, 0.1) is 5.75 Å². The van der Waals surface area contributed by atoms with Crippen molar-refractivity contribution in [1.82, 2.24) is 4.90 Å². The van der Waals surface area contributed by atoms with E-state index in [9.17, 15) is 4.79 Å². The molecule has 0 saturated carbocycles. The first-order chi connectivity index (χ1) is 9.56. The molecule has 3 nitrogen and oxygen atoms in total. The summed E-state index contributed by atoms with van der Waals surface area (Å²) in [6, 6.07) is 7.70. The van der Waals surface area contributed by atoms with Gasteiger partial charge in [-0.05, 0) is 40.6 Å². The average Bonchev–Trinajstić information content (AvgIpc) is 2.92. The maximum absolute atomic E-state index is 12.1. The van der Waals surface area contributed by atoms with Crippen LogP contribution >= 0.6 is 39.0 Å². The minimum Gasteiger partial charge on any atom is -0.398 e. The Morgan fingerprint density at radius 2 is 2.25 bits per heavy atom. The SMILES string of the molecule is CN(Cc1ccsc1)C(=O)CSc1cc(Br)ccc1N. The highest BCUT2D eigenvalue weighted by Gasteiger charge is 2.11. The number of benzene rings is 1. The summed E-state index contributed by atoms with van der Waals surface area (Å²) in [5.74, 6) is 0.488. The van der Waals surface area contributed by atoms with Gasteiger partial charge in [-0.15, -0.1) is 11.8 Å². The number of halogens is 1. The van der Waals surface area contributed by atoms with Gasteiger partial charge in [-0.25, -0.2) is 0 Å². The first-order valence-electron chi connectivity index (χ1n) is 5.99. The smallest absolute Gasteiger partial charge is 0.232 e. The number of anilines is 1. The van der Waals surface area contributed by atoms with Crippen LogP contribution in [0, 0.1) is 0 Å². The van der Waals surface area contributed by atoms with Crippen LogP contribution in [0.15, 0.2) is 44.4 Å². The lowest BCUT2D eigenvalue weighted by Crippen LogP contribution is -2.27. The van der Waals surface area contributed by atoms with Crippen LogP contribution in [0.2, 0.25) is 0 Å². The van der Waals surface area contributed by atoms with Crippen LogP contribution in [0.4, 0.5) is 5.69 Å². The molecule has 1 amide bonds. The van der Waals surface area contributed by atoms with Crippen LogP contribution in [0.1, 0.15) is 5.56 Å². The van der Waals surface area contributed by atoms with Crippen molar-refractivity contribution < 1.29 is 4.79 Å². The van der Waals surface area contributed by atoms with Crippen molar-refractivity contribution in [2.24, 2.45) is 0 Å². The number of carbonyl (C=O) groups excluding carboxylic acids is 1. The molecule has 0 unspecified atom stereocenters. The number of thioether (sulfide) groups is 1. The van der Waals surface area contributed by atoms with Crippen molar-refractivity contribution in [3.63, 3.8) is 0 Å². The molecule has 0 aliphatic carbocycles. The molecule has 0 saturated heterocycles. The van der Waals surface area contributed by atoms with Gasteiger partial charge in [0.25, 0.3) is 0 Å². The molecule has 1 aromatic heterocycles. The van der Waals surface area contributed by atoms with Crippen molar-refractivity contribution >= 4 is 50.6 Å². The molecule has 0 aliphatic rings. The number of nitrogen functional groups attached to an aromatic ring is 1. The molecule has 2 N–H and O–H groups in total. The summed E-state index contributed by atoms with van der Waals surface area (Å²) in [6.45, 7) is 0.650. The number of nitrogens with two attached hydrogens (primary N) is 1. The van der Waals surface area contributed by atoms with E-state index in [0.29, 0.717) is 18.0 Å². The predicted octanol–water partition coefficient (Wildman–Crippen LogP) is 3.84. The fourth-order valence-electron chi connectivity index (χ4n) is 1.63. The summed E-state index contributed by atoms with van der Waals surface area (Å²) < 4.78 is 0.966. The highest BCUT2D eigenvalue weighted by molar-refractivity contribution is 9.10. The van der Waals surface area contributed by atoms with Crippen molar-refractivity contribution in [3.8, 4) is 0 Å². The Labute approximate surface area is 135 Å². The van der Waals surface area contributed by atoms with E-state index in [2.05, 4.69) is 21.3 Å². The standard InChI is InChI=1S/C14H15BrN2OS2/c1-17(7-10-4-5-19-8-10)14(18)9-20-13-6-11(15)2-3-12(13)16/h2-6,8H,7,9,16H2,1H3. The van der Waals surface area contributed by atoms with Crippen molar-refractivity contribution in [1.29, 1.82) is 0 Å². The van der Waals surface area contributed by atoms with Crippen molar-refractivity contribution in [2.45, 2.75) is 11.4 Å². The Balaban J connectivity index is 1.89. The zero-order valence-electron chi connectivity index (χ0n) is 11.0. The lowest BCUT2D eigenvalue weighted by molar-refractivity contribution is -0.127. The maximum Gasteiger partial charge on any atom is 0.232 e. The van der Waals surface area contributed by atoms with Gasteiger partial charge < -0.3 is 10.6 Å². The number of hydrogen-bond donors (Lipinski definition) is 1. The Morgan fingerprint density at radius 3 is 2.95 bits per heavy atom. The van der Waals surface area contributed by atoms with Crippen molar-refractivity contribution in [2.75, 3.05) is 18.5 Å². The van der Waals surface area contributed by atoms with Crippen LogP contribution in [-0.2, 0) is 11.3 Å². The molecule has 0 radical (unpaired) electrons. The predicted molar refractivity (Wildman–Crippen MR) is 90.1 cm³/mol. The number of nitrogens with zero attached hydrogens (tertiary/aromatic N) is 1. The molecule has 0 bridgehead atoms. The van der Waals surface area contributed by atoms with E-state index in [1.54, 1.807) is 16.2 Å². The first-order valence-corrected chi connectivity index (χ1v) is 8.71. The van der Waals surface area contributed by atoms with Gasteiger partial charge in [0, 0.05) is 28.6 Å². The van der Waals surface area contributed by atoms with E-state index in [0.717, 1.165) is 14.9 Å². The van der Waals surface area contributed by atoms with Crippen molar-refractivity contribution in [3.05, 3.63) is 45.1 Å². The van der Waals surface area contributed by atoms with Gasteiger partial charge in [0.2, 0.25) is 5.91 Å². The van der Waals surface area contributed by atoms with Crippen LogP contribution in [0.3, 0.4) is 0 Å². The lowest BCUT2D eigenvalue weighted by Gasteiger charge is -2.16. The second kappa shape index (κ2) is 7.15. The summed E-state index contributed by atoms with van der Waals surface area (Å²) in [5, 5.41) is 4.08. The maximum atomic E-state index is 12.1. The minimum atomic E-state index is 0.0978. The van der Waals surface area contributed by atoms with Gasteiger partial charge in [0.15, 0.2) is 0 Å². The molecule has 1 heterocycles. The van der Waals surface area contributed by atoms with E-state index in [4.69, 9.17) is 5.73 Å². The van der Waals surface area contributed by atoms with Crippen LogP contribution in [0.25, 0.3) is 0 Å². The molecule has 2 rings (SSSR count). The van der Waals surface area contributed by atoms with Gasteiger partial charge in [-0.1, -0.05) is 15.9 Å². The number of hydrogen-bond acceptors (Lipinski definition) is 4. The van der Waals surface area contributed by atoms with E-state index in [1.165, 1.54) is 11.8 Å². The summed E-state index contributed by atoms with van der Waals surface area (Å²) in [6.07, 6.45) is 0. The Morgan fingerprint density at radius 1 is 1.45 bits per heavy atom. The van der Waals surface area contributed by atoms with E-state index in [1.807, 2.05) is 36.7 Å². The summed E-state index contributed by atoms with van der Waals surface area (Å²) >= 11 is 6.52. The topological polar surface area (TPSA) is 46.3 Å². The minimum absolute atomic E-state index is 0.0978. The summed E-state index contributed by atoms with van der Waals surface area (Å²) in [4.78, 5) is 14.8. The highest BCUT2D eigenvalue weighted by atomic mass is 79.9. The summed E-state index contributed by atoms with van der Waals surface area (Å²) in [5.41, 5.74) is 7.76. The third kappa shape index (κ3) is 4.26. The molecular formula is C14H15BrN2OS2. The largest absolute Gasteiger partial charge is 0.398 e. The van der Waals surface area contributed by atoms with Gasteiger partial charge >= 0.3 is 0 Å². The number of amides is 1. The van der Waals surface area contributed by atoms with Crippen LogP contribution in [-0.4, -0.2) is 23.6 Å². The number of carbonyl (C=O) groups is 1. The van der Waals surface area contributed by atoms with E-state index in [-0.39, 0.29) is 5.91 Å². The molecule has 0 spiro atoms. The van der Waals surface area contributed by atoms with Gasteiger partial charge in [-0.3, -0.25) is 4.79 Å². The normalized spacial score (nSPS) is 10.5. The molecular weight excluding hydrogens is 356 g/mol. The fraction of sp³-hybridized carbons (Fsp3) is 0.214. The van der Waals surface area contributed by atoms with Gasteiger partial charge in [0.1, 0.15) is 0 Å². The first kappa shape index (κ1) is 15.4. The van der Waals surface area contributed by atoms with Gasteiger partial charge in [-0.2, -0.15) is 11.3 Å². The average molecular weight is 371 g/mol. The zero-order chi connectivity index (χ0) is 14.5. The molecule has 106 valence electrons. The molecule has 6 heteroatoms. The lowest BCUT2D eigenvalue weighted by atomic mass is 10.3. The molecule has 2 aromatic rings. The molecule has 0 atom stereocenters. The van der Waals surface area contributed by atoms with E-state index < -0.39 is 0 Å². The Hall–Kier alpha value is -0.980. The molecule has 20 heavy (non-hydrogen) atoms. The van der Waals surface area contributed by atoms with E-state index >= 15 is 0 Å².